The molecule has 0 bridgehead atoms. The summed E-state index contributed by atoms with van der Waals surface area (Å²) in [5, 5.41) is 110. The highest BCUT2D eigenvalue weighted by atomic mass is 16.3. The van der Waals surface area contributed by atoms with Gasteiger partial charge in [0.15, 0.2) is 0 Å². The van der Waals surface area contributed by atoms with Gasteiger partial charge in [-0.2, -0.15) is 0 Å². The summed E-state index contributed by atoms with van der Waals surface area (Å²) < 4.78 is 0. The maximum absolute atomic E-state index is 11.9. The molecule has 15 aromatic carbocycles. The highest BCUT2D eigenvalue weighted by Gasteiger charge is 2.25. The number of rotatable bonds is 9. The third-order valence-electron chi connectivity index (χ3n) is 17.9. The molecule has 9 nitrogen and oxygen atoms in total. The molecule has 0 saturated carbocycles. The van der Waals surface area contributed by atoms with Crippen LogP contribution in [-0.4, -0.2) is 46.0 Å². The van der Waals surface area contributed by atoms with Gasteiger partial charge in [0.1, 0.15) is 51.7 Å². The summed E-state index contributed by atoms with van der Waals surface area (Å²) in [5.41, 5.74) is 10.2. The SMILES string of the molecule is Cc1cccc(Cc2cc3ccccc3c(-c3c(O)c(Cc4cccc(C)c4O)cc4ccccc34)c2O)c1O.Cc1cccc(Cc2cc3ccccc3c(-c3c(O)ccc4ccccc34)c2O)c1O.Oc1ccc2ccccc2c1-c1c(O)ccc2ccccc12. The van der Waals surface area contributed by atoms with Crippen molar-refractivity contribution in [1.82, 2.24) is 0 Å². The number of phenolic OH excluding ortho intramolecular Hbond substituents is 9. The van der Waals surface area contributed by atoms with Crippen LogP contribution in [0.3, 0.4) is 0 Å². The van der Waals surface area contributed by atoms with E-state index in [-0.39, 0.29) is 51.7 Å². The van der Waals surface area contributed by atoms with E-state index >= 15 is 0 Å². The lowest BCUT2D eigenvalue weighted by Crippen LogP contribution is -1.97. The first-order valence-corrected chi connectivity index (χ1v) is 30.8. The van der Waals surface area contributed by atoms with E-state index < -0.39 is 0 Å². The van der Waals surface area contributed by atoms with Crippen molar-refractivity contribution >= 4 is 64.6 Å². The van der Waals surface area contributed by atoms with Crippen LogP contribution in [0.2, 0.25) is 0 Å². The number of fused-ring (bicyclic) bond motifs is 6. The average Bonchev–Trinajstić information content (AvgIpc) is 0.782. The summed E-state index contributed by atoms with van der Waals surface area (Å²) >= 11 is 0. The van der Waals surface area contributed by atoms with Gasteiger partial charge in [-0.1, -0.05) is 218 Å². The zero-order chi connectivity index (χ0) is 64.6. The molecule has 9 N–H and O–H groups in total. The minimum Gasteiger partial charge on any atom is -0.507 e. The van der Waals surface area contributed by atoms with Crippen molar-refractivity contribution in [3.05, 3.63) is 305 Å². The van der Waals surface area contributed by atoms with Crippen LogP contribution in [0.4, 0.5) is 0 Å². The Kier molecular flexibility index (Phi) is 16.2. The fourth-order valence-electron chi connectivity index (χ4n) is 13.1. The number of benzene rings is 15. The minimum atomic E-state index is 0.0654. The number of aromatic hydroxyl groups is 9. The van der Waals surface area contributed by atoms with Gasteiger partial charge in [0.05, 0.1) is 0 Å². The van der Waals surface area contributed by atoms with Crippen LogP contribution < -0.4 is 0 Å². The third-order valence-corrected chi connectivity index (χ3v) is 17.9. The molecule has 0 aliphatic carbocycles. The van der Waals surface area contributed by atoms with Crippen LogP contribution >= 0.6 is 0 Å². The van der Waals surface area contributed by atoms with Crippen molar-refractivity contribution in [1.29, 1.82) is 0 Å². The molecule has 0 saturated heterocycles. The molecule has 0 unspecified atom stereocenters. The average molecular weight is 1220 g/mol. The van der Waals surface area contributed by atoms with Crippen molar-refractivity contribution in [2.75, 3.05) is 0 Å². The number of para-hydroxylation sites is 3. The Balaban J connectivity index is 0.000000132. The molecule has 0 spiro atoms. The zero-order valence-electron chi connectivity index (χ0n) is 51.4. The first-order valence-electron chi connectivity index (χ1n) is 30.8. The van der Waals surface area contributed by atoms with E-state index in [0.29, 0.717) is 80.5 Å². The van der Waals surface area contributed by atoms with E-state index in [2.05, 4.69) is 0 Å². The predicted octanol–water partition coefficient (Wildman–Crippen LogP) is 20.0. The molecule has 93 heavy (non-hydrogen) atoms. The quantitative estimate of drug-likeness (QED) is 0.0679. The van der Waals surface area contributed by atoms with E-state index in [0.717, 1.165) is 86.9 Å². The molecule has 0 fully saturated rings. The summed E-state index contributed by atoms with van der Waals surface area (Å²) in [5.74, 6) is 1.38. The highest BCUT2D eigenvalue weighted by Crippen LogP contribution is 2.51. The Morgan fingerprint density at radius 1 is 0.194 bits per heavy atom. The molecule has 0 aliphatic heterocycles. The maximum atomic E-state index is 11.9. The maximum Gasteiger partial charge on any atom is 0.127 e. The fourth-order valence-corrected chi connectivity index (χ4v) is 13.1. The molecule has 0 aromatic heterocycles. The number of hydrogen-bond donors (Lipinski definition) is 9. The Morgan fingerprint density at radius 3 is 0.699 bits per heavy atom. The van der Waals surface area contributed by atoms with E-state index in [1.165, 1.54) is 0 Å². The molecular weight excluding hydrogens is 1150 g/mol. The number of aryl methyl sites for hydroxylation is 3. The Hall–Kier alpha value is -11.9. The van der Waals surface area contributed by atoms with Crippen molar-refractivity contribution in [3.8, 4) is 85.1 Å². The lowest BCUT2D eigenvalue weighted by molar-refractivity contribution is 0.457. The van der Waals surface area contributed by atoms with Crippen LogP contribution in [-0.2, 0) is 19.3 Å². The molecular formula is C84H66O9. The van der Waals surface area contributed by atoms with Gasteiger partial charge >= 0.3 is 0 Å². The van der Waals surface area contributed by atoms with E-state index in [1.54, 1.807) is 18.2 Å². The Morgan fingerprint density at radius 2 is 0.419 bits per heavy atom. The monoisotopic (exact) mass is 1220 g/mol. The standard InChI is InChI=1S/C36H30O4.C28H22O3.C20H14O2/c1-21-9-7-13-25(33(21)37)19-27-17-23-11-3-5-15-29(23)31(35(27)39)32-30-16-6-4-12-24(30)18-28(36(32)40)20-26-14-8-10-22(2)34(26)38;1-17-7-6-10-20(27(17)30)16-21-15-19-9-3-5-12-23(19)26(28(21)31)25-22-11-4-2-8-18(22)13-14-24(25)29;21-17-11-9-13-5-1-3-7-15(13)19(17)20-16-8-4-2-6-14(16)10-12-18(20)22/h3-18,37-40H,19-20H2,1-2H3;2-15,29-31H,16H2,1H3;1-12,21-22H. The number of hydrogen-bond acceptors (Lipinski definition) is 9. The fraction of sp³-hybridized carbons (Fsp3) is 0.0714. The summed E-state index contributed by atoms with van der Waals surface area (Å²) in [6, 6.07) is 80.4. The first-order chi connectivity index (χ1) is 45.1. The van der Waals surface area contributed by atoms with Gasteiger partial charge in [-0.25, -0.2) is 0 Å². The molecule has 15 rings (SSSR count). The molecule has 0 aliphatic rings. The van der Waals surface area contributed by atoms with Crippen molar-refractivity contribution in [2.45, 2.75) is 40.0 Å². The zero-order valence-corrected chi connectivity index (χ0v) is 51.4. The minimum absolute atomic E-state index is 0.0654. The van der Waals surface area contributed by atoms with Crippen LogP contribution in [0.15, 0.2) is 255 Å². The molecule has 0 atom stereocenters. The smallest absolute Gasteiger partial charge is 0.127 e. The van der Waals surface area contributed by atoms with Crippen LogP contribution in [0.5, 0.6) is 51.7 Å². The van der Waals surface area contributed by atoms with Crippen molar-refractivity contribution in [2.24, 2.45) is 0 Å². The molecule has 456 valence electrons. The lowest BCUT2D eigenvalue weighted by Gasteiger charge is -2.20. The normalized spacial score (nSPS) is 11.3. The van der Waals surface area contributed by atoms with Gasteiger partial charge in [0.25, 0.3) is 0 Å². The van der Waals surface area contributed by atoms with Gasteiger partial charge in [0.2, 0.25) is 0 Å². The van der Waals surface area contributed by atoms with E-state index in [9.17, 15) is 46.0 Å². The number of phenols is 9. The summed E-state index contributed by atoms with van der Waals surface area (Å²) in [6.45, 7) is 5.57. The van der Waals surface area contributed by atoms with Crippen LogP contribution in [0, 0.1) is 20.8 Å². The third kappa shape index (κ3) is 11.4. The molecule has 0 radical (unpaired) electrons. The van der Waals surface area contributed by atoms with Gasteiger partial charge in [-0.3, -0.25) is 0 Å². The van der Waals surface area contributed by atoms with Crippen LogP contribution in [0.25, 0.3) is 98.0 Å². The van der Waals surface area contributed by atoms with Gasteiger partial charge in [-0.15, -0.1) is 0 Å². The van der Waals surface area contributed by atoms with E-state index in [1.807, 2.05) is 257 Å². The Labute approximate surface area is 537 Å². The largest absolute Gasteiger partial charge is 0.507 e. The summed E-state index contributed by atoms with van der Waals surface area (Å²) in [6.07, 6.45) is 1.03. The van der Waals surface area contributed by atoms with E-state index in [4.69, 9.17) is 0 Å². The second-order valence-corrected chi connectivity index (χ2v) is 23.8. The molecule has 9 heteroatoms. The first kappa shape index (κ1) is 60.0. The van der Waals surface area contributed by atoms with Crippen LogP contribution in [0.1, 0.15) is 50.1 Å². The second-order valence-electron chi connectivity index (χ2n) is 23.8. The predicted molar refractivity (Wildman–Crippen MR) is 378 cm³/mol. The van der Waals surface area contributed by atoms with Crippen molar-refractivity contribution in [3.63, 3.8) is 0 Å². The summed E-state index contributed by atoms with van der Waals surface area (Å²) in [4.78, 5) is 0. The molecule has 15 aromatic rings. The summed E-state index contributed by atoms with van der Waals surface area (Å²) in [7, 11) is 0. The van der Waals surface area contributed by atoms with Gasteiger partial charge in [-0.05, 0) is 172 Å². The van der Waals surface area contributed by atoms with Gasteiger partial charge < -0.3 is 46.0 Å². The Bertz CT molecular complexity index is 5190. The van der Waals surface area contributed by atoms with Crippen molar-refractivity contribution < 1.29 is 46.0 Å². The molecule has 0 heterocycles. The second kappa shape index (κ2) is 25.1. The van der Waals surface area contributed by atoms with Gasteiger partial charge in [0, 0.05) is 52.6 Å². The topological polar surface area (TPSA) is 182 Å². The molecule has 0 amide bonds. The lowest BCUT2D eigenvalue weighted by atomic mass is 9.86. The highest BCUT2D eigenvalue weighted by molar-refractivity contribution is 6.13.